The van der Waals surface area contributed by atoms with E-state index in [2.05, 4.69) is 5.43 Å². The highest BCUT2D eigenvalue weighted by atomic mass is 35.5. The Hall–Kier alpha value is -3.05. The van der Waals surface area contributed by atoms with Gasteiger partial charge in [-0.05, 0) is 53.7 Å². The van der Waals surface area contributed by atoms with Crippen LogP contribution in [-0.2, 0) is 15.9 Å². The highest BCUT2D eigenvalue weighted by molar-refractivity contribution is 8.00. The van der Waals surface area contributed by atoms with Gasteiger partial charge in [0.15, 0.2) is 6.73 Å². The van der Waals surface area contributed by atoms with Gasteiger partial charge in [0.05, 0.1) is 12.8 Å². The van der Waals surface area contributed by atoms with Gasteiger partial charge in [0.1, 0.15) is 11.5 Å². The molecule has 0 bridgehead atoms. The molecule has 7 nitrogen and oxygen atoms in total. The smallest absolute Gasteiger partial charge is 0.446 e. The van der Waals surface area contributed by atoms with E-state index >= 15 is 0 Å². The van der Waals surface area contributed by atoms with Gasteiger partial charge < -0.3 is 9.47 Å². The molecule has 0 unspecified atom stereocenters. The monoisotopic (exact) mass is 485 g/mol. The number of rotatable bonds is 2. The van der Waals surface area contributed by atoms with Crippen LogP contribution in [0.15, 0.2) is 53.1 Å². The molecule has 1 heterocycles. The van der Waals surface area contributed by atoms with Gasteiger partial charge in [0.25, 0.3) is 0 Å². The minimum atomic E-state index is -4.46. The Morgan fingerprint density at radius 3 is 2.59 bits per heavy atom. The molecule has 3 amide bonds. The van der Waals surface area contributed by atoms with Gasteiger partial charge in [-0.25, -0.2) is 9.59 Å². The van der Waals surface area contributed by atoms with Crippen LogP contribution in [-0.4, -0.2) is 36.5 Å². The Morgan fingerprint density at radius 2 is 1.94 bits per heavy atom. The second-order valence-corrected chi connectivity index (χ2v) is 8.29. The molecular weight excluding hydrogens is 471 g/mol. The number of nitrogens with zero attached hydrogens (tertiary/aromatic N) is 2. The Bertz CT molecular complexity index is 1110. The number of ether oxygens (including phenoxy) is 2. The second kappa shape index (κ2) is 8.47. The minimum absolute atomic E-state index is 0.0357. The van der Waals surface area contributed by atoms with Crippen LogP contribution < -0.4 is 10.3 Å². The number of imide groups is 1. The maximum Gasteiger partial charge on any atom is 0.446 e. The first-order chi connectivity index (χ1) is 15.2. The first-order valence-electron chi connectivity index (χ1n) is 9.13. The highest BCUT2D eigenvalue weighted by Gasteiger charge is 2.36. The number of hydrogen-bond donors (Lipinski definition) is 1. The number of methoxy groups -OCH3 is 1. The third-order valence-corrected chi connectivity index (χ3v) is 5.66. The summed E-state index contributed by atoms with van der Waals surface area (Å²) in [5.41, 5.74) is 0.831. The van der Waals surface area contributed by atoms with E-state index in [9.17, 15) is 22.8 Å². The predicted octanol–water partition coefficient (Wildman–Crippen LogP) is 5.36. The van der Waals surface area contributed by atoms with E-state index in [1.807, 2.05) is 0 Å². The van der Waals surface area contributed by atoms with Crippen LogP contribution in [0.4, 0.5) is 28.4 Å². The topological polar surface area (TPSA) is 71.1 Å². The number of anilines is 1. The first kappa shape index (κ1) is 22.2. The standard InChI is InChI=1S/C20H15ClF3N3O4S/c1-30-19(29)27(13-3-5-14(6-4-13)32-20(22,23)24)18(28)26-10-31-16-9-11-8-12(21)2-7-15(11)17(16)25-26/h2-8,25H,9-10H2,1H3. The lowest BCUT2D eigenvalue weighted by molar-refractivity contribution is -0.0328. The van der Waals surface area contributed by atoms with E-state index in [1.165, 1.54) is 12.1 Å². The lowest BCUT2D eigenvalue weighted by Crippen LogP contribution is -2.54. The zero-order valence-electron chi connectivity index (χ0n) is 16.4. The lowest BCUT2D eigenvalue weighted by Gasteiger charge is -2.33. The maximum absolute atomic E-state index is 13.1. The SMILES string of the molecule is COC(=O)N(C(=O)N1COC2=C(N1)c1ccc(Cl)cc1C2)c1ccc(SC(F)(F)F)cc1. The fraction of sp³-hybridized carbons (Fsp3) is 0.200. The normalized spacial score (nSPS) is 14.8. The molecular formula is C20H15ClF3N3O4S. The summed E-state index contributed by atoms with van der Waals surface area (Å²) in [4.78, 5) is 26.1. The third kappa shape index (κ3) is 4.44. The molecule has 2 aromatic rings. The van der Waals surface area contributed by atoms with Crippen molar-refractivity contribution in [3.63, 3.8) is 0 Å². The number of fused-ring (bicyclic) bond motifs is 2. The van der Waals surface area contributed by atoms with Crippen molar-refractivity contribution in [1.29, 1.82) is 0 Å². The molecule has 0 spiro atoms. The van der Waals surface area contributed by atoms with Gasteiger partial charge >= 0.3 is 17.6 Å². The van der Waals surface area contributed by atoms with Crippen LogP contribution >= 0.6 is 23.4 Å². The van der Waals surface area contributed by atoms with Crippen LogP contribution in [0.25, 0.3) is 5.70 Å². The number of carbonyl (C=O) groups excluding carboxylic acids is 2. The van der Waals surface area contributed by atoms with Crippen LogP contribution in [0.5, 0.6) is 0 Å². The summed E-state index contributed by atoms with van der Waals surface area (Å²) in [7, 11) is 1.09. The number of halogens is 4. The largest absolute Gasteiger partial charge is 0.473 e. The summed E-state index contributed by atoms with van der Waals surface area (Å²) < 4.78 is 48.1. The summed E-state index contributed by atoms with van der Waals surface area (Å²) in [6, 6.07) is 9.24. The van der Waals surface area contributed by atoms with Crippen molar-refractivity contribution in [2.24, 2.45) is 0 Å². The van der Waals surface area contributed by atoms with Gasteiger partial charge in [0.2, 0.25) is 0 Å². The number of hydrazine groups is 1. The molecule has 2 aliphatic rings. The number of urea groups is 1. The number of amides is 3. The quantitative estimate of drug-likeness (QED) is 0.577. The summed E-state index contributed by atoms with van der Waals surface area (Å²) in [6.45, 7) is -0.200. The van der Waals surface area contributed by atoms with E-state index in [0.29, 0.717) is 27.8 Å². The molecule has 0 saturated heterocycles. The predicted molar refractivity (Wildman–Crippen MR) is 112 cm³/mol. The van der Waals surface area contributed by atoms with Crippen molar-refractivity contribution in [3.8, 4) is 0 Å². The van der Waals surface area contributed by atoms with Gasteiger partial charge in [-0.1, -0.05) is 17.7 Å². The Labute approximate surface area is 189 Å². The van der Waals surface area contributed by atoms with Crippen molar-refractivity contribution >= 4 is 46.9 Å². The molecule has 0 atom stereocenters. The number of allylic oxidation sites excluding steroid dienone is 1. The van der Waals surface area contributed by atoms with Crippen molar-refractivity contribution < 1.29 is 32.2 Å². The molecule has 0 aromatic heterocycles. The Balaban J connectivity index is 1.57. The molecule has 1 N–H and O–H groups in total. The van der Waals surface area contributed by atoms with E-state index in [-0.39, 0.29) is 29.1 Å². The van der Waals surface area contributed by atoms with Gasteiger partial charge in [0, 0.05) is 21.9 Å². The molecule has 0 fully saturated rings. The molecule has 168 valence electrons. The van der Waals surface area contributed by atoms with Gasteiger partial charge in [-0.3, -0.25) is 5.43 Å². The van der Waals surface area contributed by atoms with E-state index < -0.39 is 17.6 Å². The van der Waals surface area contributed by atoms with Crippen LogP contribution in [0.2, 0.25) is 5.02 Å². The van der Waals surface area contributed by atoms with Gasteiger partial charge in [-0.2, -0.15) is 23.1 Å². The zero-order valence-corrected chi connectivity index (χ0v) is 18.0. The average molecular weight is 486 g/mol. The minimum Gasteiger partial charge on any atom is -0.473 e. The number of nitrogens with one attached hydrogen (secondary N) is 1. The summed E-state index contributed by atoms with van der Waals surface area (Å²) in [5.74, 6) is 0.629. The fourth-order valence-corrected chi connectivity index (χ4v) is 4.06. The van der Waals surface area contributed by atoms with Crippen molar-refractivity contribution in [1.82, 2.24) is 10.4 Å². The number of alkyl halides is 3. The molecule has 1 aliphatic carbocycles. The molecule has 0 radical (unpaired) electrons. The van der Waals surface area contributed by atoms with E-state index in [4.69, 9.17) is 21.1 Å². The van der Waals surface area contributed by atoms with E-state index in [1.54, 1.807) is 18.2 Å². The molecule has 12 heteroatoms. The Kier molecular flexibility index (Phi) is 5.87. The molecule has 1 aliphatic heterocycles. The second-order valence-electron chi connectivity index (χ2n) is 6.72. The first-order valence-corrected chi connectivity index (χ1v) is 10.3. The van der Waals surface area contributed by atoms with Crippen molar-refractivity contribution in [2.45, 2.75) is 16.8 Å². The average Bonchev–Trinajstić information content (AvgIpc) is 3.10. The molecule has 4 rings (SSSR count). The lowest BCUT2D eigenvalue weighted by atomic mass is 10.1. The third-order valence-electron chi connectivity index (χ3n) is 4.69. The Morgan fingerprint density at radius 1 is 1.22 bits per heavy atom. The summed E-state index contributed by atoms with van der Waals surface area (Å²) in [5, 5.41) is 1.64. The van der Waals surface area contributed by atoms with Crippen LogP contribution in [0.3, 0.4) is 0 Å². The summed E-state index contributed by atoms with van der Waals surface area (Å²) in [6.07, 6.45) is -0.509. The maximum atomic E-state index is 13.1. The van der Waals surface area contributed by atoms with E-state index in [0.717, 1.165) is 35.4 Å². The van der Waals surface area contributed by atoms with Crippen molar-refractivity contribution in [3.05, 3.63) is 64.4 Å². The number of thioether (sulfide) groups is 1. The van der Waals surface area contributed by atoms with Crippen LogP contribution in [0.1, 0.15) is 11.1 Å². The molecule has 32 heavy (non-hydrogen) atoms. The van der Waals surface area contributed by atoms with Gasteiger partial charge in [-0.15, -0.1) is 0 Å². The highest BCUT2D eigenvalue weighted by Crippen LogP contribution is 2.38. The molecule has 0 saturated carbocycles. The zero-order chi connectivity index (χ0) is 23.0. The number of benzene rings is 2. The van der Waals surface area contributed by atoms with Crippen LogP contribution in [0, 0.1) is 0 Å². The number of hydrogen-bond acceptors (Lipinski definition) is 6. The molecule has 2 aromatic carbocycles. The van der Waals surface area contributed by atoms with Crippen molar-refractivity contribution in [2.75, 3.05) is 18.7 Å². The fourth-order valence-electron chi connectivity index (χ4n) is 3.33. The summed E-state index contributed by atoms with van der Waals surface area (Å²) >= 11 is 5.74. The number of carbonyl (C=O) groups is 2.